The zero-order valence-corrected chi connectivity index (χ0v) is 9.08. The topological polar surface area (TPSA) is 42.0 Å². The molecule has 0 unspecified atom stereocenters. The van der Waals surface area contributed by atoms with Gasteiger partial charge < -0.3 is 5.32 Å². The SMILES string of the molecule is CC(C)(CCl)C(=O)Nc1cnsc1. The number of amides is 1. The zero-order chi connectivity index (χ0) is 9.90. The second-order valence-electron chi connectivity index (χ2n) is 3.38. The van der Waals surface area contributed by atoms with Crippen molar-refractivity contribution >= 4 is 34.7 Å². The Labute approximate surface area is 86.3 Å². The maximum absolute atomic E-state index is 11.5. The summed E-state index contributed by atoms with van der Waals surface area (Å²) in [6, 6.07) is 0. The van der Waals surface area contributed by atoms with Gasteiger partial charge in [0.25, 0.3) is 0 Å². The first-order valence-electron chi connectivity index (χ1n) is 3.83. The van der Waals surface area contributed by atoms with E-state index in [1.54, 1.807) is 25.4 Å². The molecule has 1 amide bonds. The number of carbonyl (C=O) groups is 1. The van der Waals surface area contributed by atoms with E-state index >= 15 is 0 Å². The van der Waals surface area contributed by atoms with Crippen molar-refractivity contribution in [3.8, 4) is 0 Å². The van der Waals surface area contributed by atoms with E-state index in [1.165, 1.54) is 11.5 Å². The van der Waals surface area contributed by atoms with Crippen molar-refractivity contribution in [1.29, 1.82) is 0 Å². The Hall–Kier alpha value is -0.610. The fraction of sp³-hybridized carbons (Fsp3) is 0.500. The molecule has 0 aliphatic rings. The Morgan fingerprint density at radius 2 is 2.46 bits per heavy atom. The molecule has 13 heavy (non-hydrogen) atoms. The molecule has 1 aromatic heterocycles. The molecule has 0 aliphatic heterocycles. The average molecular weight is 219 g/mol. The van der Waals surface area contributed by atoms with E-state index in [0.29, 0.717) is 5.88 Å². The molecule has 72 valence electrons. The second-order valence-corrected chi connectivity index (χ2v) is 4.31. The number of rotatable bonds is 3. The summed E-state index contributed by atoms with van der Waals surface area (Å²) in [5.74, 6) is 0.221. The van der Waals surface area contributed by atoms with Gasteiger partial charge in [0.15, 0.2) is 0 Å². The monoisotopic (exact) mass is 218 g/mol. The minimum Gasteiger partial charge on any atom is -0.323 e. The van der Waals surface area contributed by atoms with Crippen LogP contribution in [0.15, 0.2) is 11.6 Å². The minimum absolute atomic E-state index is 0.0808. The second kappa shape index (κ2) is 4.07. The molecule has 1 heterocycles. The van der Waals surface area contributed by atoms with Gasteiger partial charge in [-0.05, 0) is 25.4 Å². The van der Waals surface area contributed by atoms with Crippen LogP contribution < -0.4 is 5.32 Å². The quantitative estimate of drug-likeness (QED) is 0.792. The van der Waals surface area contributed by atoms with Crippen LogP contribution in [0.5, 0.6) is 0 Å². The summed E-state index contributed by atoms with van der Waals surface area (Å²) in [6.45, 7) is 3.60. The Morgan fingerprint density at radius 1 is 1.77 bits per heavy atom. The summed E-state index contributed by atoms with van der Waals surface area (Å²) >= 11 is 6.96. The van der Waals surface area contributed by atoms with Gasteiger partial charge in [0.05, 0.1) is 17.3 Å². The molecule has 3 nitrogen and oxygen atoms in total. The van der Waals surface area contributed by atoms with Gasteiger partial charge in [-0.2, -0.15) is 4.37 Å². The third-order valence-electron chi connectivity index (χ3n) is 1.64. The molecule has 0 fully saturated rings. The fourth-order valence-corrected chi connectivity index (χ4v) is 1.22. The van der Waals surface area contributed by atoms with Crippen molar-refractivity contribution in [3.05, 3.63) is 11.6 Å². The van der Waals surface area contributed by atoms with E-state index in [-0.39, 0.29) is 5.91 Å². The molecule has 5 heteroatoms. The number of aromatic nitrogens is 1. The number of carbonyl (C=O) groups excluding carboxylic acids is 1. The summed E-state index contributed by atoms with van der Waals surface area (Å²) < 4.78 is 3.88. The van der Waals surface area contributed by atoms with Crippen molar-refractivity contribution in [2.24, 2.45) is 5.41 Å². The van der Waals surface area contributed by atoms with Crippen LogP contribution in [0, 0.1) is 5.41 Å². The van der Waals surface area contributed by atoms with Crippen molar-refractivity contribution in [1.82, 2.24) is 4.37 Å². The van der Waals surface area contributed by atoms with E-state index in [0.717, 1.165) is 5.69 Å². The minimum atomic E-state index is -0.538. The number of anilines is 1. The fourth-order valence-electron chi connectivity index (χ4n) is 0.628. The van der Waals surface area contributed by atoms with E-state index in [9.17, 15) is 4.79 Å². The Bertz CT molecular complexity index is 284. The zero-order valence-electron chi connectivity index (χ0n) is 7.50. The van der Waals surface area contributed by atoms with Gasteiger partial charge in [0, 0.05) is 11.3 Å². The highest BCUT2D eigenvalue weighted by molar-refractivity contribution is 7.04. The van der Waals surface area contributed by atoms with Crippen LogP contribution in [0.2, 0.25) is 0 Å². The van der Waals surface area contributed by atoms with Gasteiger partial charge in [-0.15, -0.1) is 11.6 Å². The van der Waals surface area contributed by atoms with Gasteiger partial charge in [-0.3, -0.25) is 4.79 Å². The van der Waals surface area contributed by atoms with E-state index in [2.05, 4.69) is 9.69 Å². The Balaban J connectivity index is 2.61. The van der Waals surface area contributed by atoms with Gasteiger partial charge >= 0.3 is 0 Å². The van der Waals surface area contributed by atoms with Crippen LogP contribution in [0.4, 0.5) is 5.69 Å². The predicted octanol–water partition coefficient (Wildman–Crippen LogP) is 2.35. The van der Waals surface area contributed by atoms with Crippen LogP contribution in [0.1, 0.15) is 13.8 Å². The normalized spacial score (nSPS) is 11.3. The lowest BCUT2D eigenvalue weighted by Crippen LogP contribution is -2.32. The van der Waals surface area contributed by atoms with E-state index in [4.69, 9.17) is 11.6 Å². The average Bonchev–Trinajstić information content (AvgIpc) is 2.57. The smallest absolute Gasteiger partial charge is 0.231 e. The molecule has 0 radical (unpaired) electrons. The molecule has 1 rings (SSSR count). The standard InChI is InChI=1S/C8H11ClN2OS/c1-8(2,5-9)7(12)11-6-3-10-13-4-6/h3-4H,5H2,1-2H3,(H,11,12). The third-order valence-corrected chi connectivity index (χ3v) is 2.89. The number of halogens is 1. The highest BCUT2D eigenvalue weighted by Gasteiger charge is 2.26. The maximum Gasteiger partial charge on any atom is 0.231 e. The maximum atomic E-state index is 11.5. The van der Waals surface area contributed by atoms with Crippen LogP contribution >= 0.6 is 23.1 Å². The molecular weight excluding hydrogens is 208 g/mol. The summed E-state index contributed by atoms with van der Waals surface area (Å²) in [6.07, 6.45) is 1.62. The summed E-state index contributed by atoms with van der Waals surface area (Å²) in [5.41, 5.74) is 0.192. The molecule has 0 bridgehead atoms. The predicted molar refractivity (Wildman–Crippen MR) is 55.2 cm³/mol. The first-order chi connectivity index (χ1) is 6.06. The molecule has 0 aliphatic carbocycles. The third kappa shape index (κ3) is 2.67. The summed E-state index contributed by atoms with van der Waals surface area (Å²) in [5, 5.41) is 4.52. The molecule has 0 saturated carbocycles. The van der Waals surface area contributed by atoms with Gasteiger partial charge in [0.1, 0.15) is 0 Å². The van der Waals surface area contributed by atoms with Crippen LogP contribution in [0.25, 0.3) is 0 Å². The van der Waals surface area contributed by atoms with E-state index in [1.807, 2.05) is 0 Å². The van der Waals surface area contributed by atoms with E-state index < -0.39 is 5.41 Å². The lowest BCUT2D eigenvalue weighted by molar-refractivity contribution is -0.122. The van der Waals surface area contributed by atoms with Crippen LogP contribution in [-0.2, 0) is 4.79 Å². The number of hydrogen-bond acceptors (Lipinski definition) is 3. The lowest BCUT2D eigenvalue weighted by atomic mass is 9.95. The number of nitrogens with one attached hydrogen (secondary N) is 1. The largest absolute Gasteiger partial charge is 0.323 e. The molecule has 0 atom stereocenters. The Morgan fingerprint density at radius 3 is 2.92 bits per heavy atom. The molecular formula is C8H11ClN2OS. The highest BCUT2D eigenvalue weighted by Crippen LogP contribution is 2.20. The Kier molecular flexibility index (Phi) is 3.27. The molecule has 1 aromatic rings. The first kappa shape index (κ1) is 10.5. The van der Waals surface area contributed by atoms with Crippen LogP contribution in [-0.4, -0.2) is 16.2 Å². The molecule has 0 saturated heterocycles. The number of alkyl halides is 1. The molecule has 1 N–H and O–H groups in total. The lowest BCUT2D eigenvalue weighted by Gasteiger charge is -2.19. The van der Waals surface area contributed by atoms with Gasteiger partial charge in [-0.25, -0.2) is 0 Å². The number of hydrogen-bond donors (Lipinski definition) is 1. The van der Waals surface area contributed by atoms with Gasteiger partial charge in [0.2, 0.25) is 5.91 Å². The van der Waals surface area contributed by atoms with Crippen molar-refractivity contribution in [2.75, 3.05) is 11.2 Å². The molecule has 0 spiro atoms. The van der Waals surface area contributed by atoms with Crippen molar-refractivity contribution < 1.29 is 4.79 Å². The van der Waals surface area contributed by atoms with Gasteiger partial charge in [-0.1, -0.05) is 0 Å². The molecule has 0 aromatic carbocycles. The van der Waals surface area contributed by atoms with Crippen molar-refractivity contribution in [2.45, 2.75) is 13.8 Å². The highest BCUT2D eigenvalue weighted by atomic mass is 35.5. The first-order valence-corrected chi connectivity index (χ1v) is 5.20. The number of nitrogens with zero attached hydrogens (tertiary/aromatic N) is 1. The van der Waals surface area contributed by atoms with Crippen LogP contribution in [0.3, 0.4) is 0 Å². The summed E-state index contributed by atoms with van der Waals surface area (Å²) in [7, 11) is 0. The summed E-state index contributed by atoms with van der Waals surface area (Å²) in [4.78, 5) is 11.5. The van der Waals surface area contributed by atoms with Crippen molar-refractivity contribution in [3.63, 3.8) is 0 Å².